The van der Waals surface area contributed by atoms with Crippen molar-refractivity contribution in [3.8, 4) is 5.75 Å². The fraction of sp³-hybridized carbons (Fsp3) is 0.222. The van der Waals surface area contributed by atoms with E-state index in [9.17, 15) is 9.59 Å². The van der Waals surface area contributed by atoms with Gasteiger partial charge in [0, 0.05) is 32.3 Å². The molecule has 1 fully saturated rings. The Kier molecular flexibility index (Phi) is 6.70. The van der Waals surface area contributed by atoms with Crippen LogP contribution in [0.5, 0.6) is 5.75 Å². The monoisotopic (exact) mass is 475 g/mol. The predicted molar refractivity (Wildman–Crippen MR) is 132 cm³/mol. The van der Waals surface area contributed by atoms with Crippen LogP contribution < -0.4 is 4.74 Å². The molecule has 0 spiro atoms. The van der Waals surface area contributed by atoms with Gasteiger partial charge in [0.2, 0.25) is 0 Å². The lowest BCUT2D eigenvalue weighted by molar-refractivity contribution is -0.155. The normalized spacial score (nSPS) is 19.6. The molecule has 7 heteroatoms. The molecule has 0 bridgehead atoms. The Bertz CT molecular complexity index is 1240. The molecule has 0 saturated carbocycles. The molecule has 2 amide bonds. The Balaban J connectivity index is 1.55. The second-order valence-corrected chi connectivity index (χ2v) is 8.87. The van der Waals surface area contributed by atoms with Crippen LogP contribution in [0, 0.1) is 0 Å². The maximum Gasteiger partial charge on any atom is 0.271 e. The van der Waals surface area contributed by atoms with Gasteiger partial charge in [0.05, 0.1) is 0 Å². The molecule has 2 heterocycles. The largest absolute Gasteiger partial charge is 0.489 e. The number of hydrogen-bond donors (Lipinski definition) is 0. The Labute approximate surface area is 204 Å². The number of carbonyl (C=O) groups is 2. The second kappa shape index (κ2) is 9.69. The van der Waals surface area contributed by atoms with Gasteiger partial charge in [-0.1, -0.05) is 60.1 Å². The van der Waals surface area contributed by atoms with Crippen LogP contribution in [0.4, 0.5) is 0 Å². The van der Waals surface area contributed by atoms with Crippen LogP contribution in [0.15, 0.2) is 78.6 Å². The number of rotatable bonds is 6. The van der Waals surface area contributed by atoms with Crippen molar-refractivity contribution >= 4 is 29.5 Å². The summed E-state index contributed by atoms with van der Waals surface area (Å²) in [7, 11) is 3.27. The van der Waals surface area contributed by atoms with Crippen LogP contribution in [0.25, 0.3) is 6.08 Å². The van der Waals surface area contributed by atoms with Gasteiger partial charge < -0.3 is 14.5 Å². The van der Waals surface area contributed by atoms with Crippen LogP contribution in [0.3, 0.4) is 0 Å². The molecule has 0 N–H and O–H groups in total. The topological polar surface area (TPSA) is 62.7 Å². The van der Waals surface area contributed by atoms with Crippen LogP contribution in [0.1, 0.15) is 23.6 Å². The first kappa shape index (κ1) is 23.5. The van der Waals surface area contributed by atoms with E-state index in [1.165, 1.54) is 9.80 Å². The maximum absolute atomic E-state index is 13.5. The number of aromatic nitrogens is 1. The van der Waals surface area contributed by atoms with Gasteiger partial charge in [-0.05, 0) is 42.3 Å². The van der Waals surface area contributed by atoms with Gasteiger partial charge in [-0.3, -0.25) is 9.59 Å². The molecule has 1 aliphatic heterocycles. The zero-order valence-corrected chi connectivity index (χ0v) is 20.1. The zero-order chi connectivity index (χ0) is 24.3. The van der Waals surface area contributed by atoms with Gasteiger partial charge in [-0.2, -0.15) is 0 Å². The summed E-state index contributed by atoms with van der Waals surface area (Å²) in [6.07, 6.45) is 3.52. The number of amides is 2. The Morgan fingerprint density at radius 2 is 1.74 bits per heavy atom. The van der Waals surface area contributed by atoms with Crippen LogP contribution in [-0.2, 0) is 22.6 Å². The van der Waals surface area contributed by atoms with E-state index in [1.54, 1.807) is 45.4 Å². The molecule has 174 valence electrons. The lowest BCUT2D eigenvalue weighted by Crippen LogP contribution is -2.64. The van der Waals surface area contributed by atoms with Crippen molar-refractivity contribution in [2.45, 2.75) is 25.5 Å². The van der Waals surface area contributed by atoms with Crippen molar-refractivity contribution in [3.05, 3.63) is 100 Å². The number of halogens is 1. The average molecular weight is 476 g/mol. The molecule has 2 aromatic carbocycles. The fourth-order valence-electron chi connectivity index (χ4n) is 4.04. The highest BCUT2D eigenvalue weighted by atomic mass is 35.5. The van der Waals surface area contributed by atoms with E-state index in [1.807, 2.05) is 54.6 Å². The third-order valence-electron chi connectivity index (χ3n) is 6.17. The lowest BCUT2D eigenvalue weighted by Gasteiger charge is -2.45. The number of benzene rings is 2. The van der Waals surface area contributed by atoms with Crippen molar-refractivity contribution in [3.63, 3.8) is 0 Å². The average Bonchev–Trinajstić information content (AvgIpc) is 2.85. The van der Waals surface area contributed by atoms with Crippen LogP contribution in [0.2, 0.25) is 5.15 Å². The number of nitrogens with zero attached hydrogens (tertiary/aromatic N) is 3. The minimum Gasteiger partial charge on any atom is -0.489 e. The lowest BCUT2D eigenvalue weighted by atomic mass is 9.87. The summed E-state index contributed by atoms with van der Waals surface area (Å²) in [5.74, 6) is 0.264. The summed E-state index contributed by atoms with van der Waals surface area (Å²) in [4.78, 5) is 33.8. The van der Waals surface area contributed by atoms with Crippen LogP contribution >= 0.6 is 11.6 Å². The molecule has 1 saturated heterocycles. The third-order valence-corrected chi connectivity index (χ3v) is 6.48. The molecular weight excluding hydrogens is 450 g/mol. The summed E-state index contributed by atoms with van der Waals surface area (Å²) < 4.78 is 5.94. The third kappa shape index (κ3) is 4.68. The smallest absolute Gasteiger partial charge is 0.271 e. The number of hydrogen-bond acceptors (Lipinski definition) is 4. The summed E-state index contributed by atoms with van der Waals surface area (Å²) in [6, 6.07) is 21.0. The summed E-state index contributed by atoms with van der Waals surface area (Å²) in [5, 5.41) is 0.270. The van der Waals surface area contributed by atoms with Crippen LogP contribution in [-0.4, -0.2) is 46.2 Å². The van der Waals surface area contributed by atoms with Gasteiger partial charge in [0.25, 0.3) is 11.8 Å². The molecule has 4 rings (SSSR count). The quantitative estimate of drug-likeness (QED) is 0.386. The first-order valence-corrected chi connectivity index (χ1v) is 11.3. The first-order chi connectivity index (χ1) is 16.3. The Morgan fingerprint density at radius 1 is 1.00 bits per heavy atom. The Hall–Kier alpha value is -3.64. The molecule has 6 nitrogen and oxygen atoms in total. The number of pyridine rings is 1. The maximum atomic E-state index is 13.5. The summed E-state index contributed by atoms with van der Waals surface area (Å²) >= 11 is 6.16. The van der Waals surface area contributed by atoms with E-state index >= 15 is 0 Å². The number of ether oxygens (including phenoxy) is 1. The van der Waals surface area contributed by atoms with Gasteiger partial charge in [0.15, 0.2) is 0 Å². The van der Waals surface area contributed by atoms with Gasteiger partial charge >= 0.3 is 0 Å². The van der Waals surface area contributed by atoms with E-state index < -0.39 is 5.54 Å². The minimum absolute atomic E-state index is 0.184. The minimum atomic E-state index is -1.06. The molecule has 1 aliphatic rings. The van der Waals surface area contributed by atoms with Crippen molar-refractivity contribution in [1.82, 2.24) is 14.8 Å². The molecular formula is C27H26ClN3O3. The highest BCUT2D eigenvalue weighted by Gasteiger charge is 2.48. The predicted octanol–water partition coefficient (Wildman–Crippen LogP) is 4.59. The number of piperazine rings is 1. The van der Waals surface area contributed by atoms with Gasteiger partial charge in [-0.15, -0.1) is 0 Å². The molecule has 1 aromatic heterocycles. The van der Waals surface area contributed by atoms with E-state index in [-0.39, 0.29) is 22.7 Å². The molecule has 1 unspecified atom stereocenters. The van der Waals surface area contributed by atoms with Gasteiger partial charge in [0.1, 0.15) is 28.7 Å². The summed E-state index contributed by atoms with van der Waals surface area (Å²) in [5.41, 5.74) is 1.74. The molecule has 0 aliphatic carbocycles. The van der Waals surface area contributed by atoms with E-state index in [0.29, 0.717) is 24.3 Å². The number of carbonyl (C=O) groups excluding carboxylic acids is 2. The zero-order valence-electron chi connectivity index (χ0n) is 19.4. The molecule has 1 atom stereocenters. The van der Waals surface area contributed by atoms with Crippen molar-refractivity contribution in [1.29, 1.82) is 0 Å². The SMILES string of the molecule is CN1C(=O)C(C)(Cc2cccc(OCc3ccccc3)c2)N(C)C(=O)/C1=C\c1cccnc1Cl. The standard InChI is InChI=1S/C27H26ClN3O3/c1-27(17-20-11-7-13-22(15-20)34-18-19-9-5-4-6-10-19)26(33)30(2)23(25(32)31(27)3)16-21-12-8-14-29-24(21)28/h4-16H,17-18H2,1-3H3/b23-16+. The van der Waals surface area contributed by atoms with Crippen molar-refractivity contribution < 1.29 is 14.3 Å². The number of likely N-dealkylation sites (N-methyl/N-ethyl adjacent to an activating group) is 2. The van der Waals surface area contributed by atoms with E-state index in [2.05, 4.69) is 4.98 Å². The first-order valence-electron chi connectivity index (χ1n) is 10.9. The highest BCUT2D eigenvalue weighted by molar-refractivity contribution is 6.31. The Morgan fingerprint density at radius 3 is 2.47 bits per heavy atom. The van der Waals surface area contributed by atoms with Crippen molar-refractivity contribution in [2.24, 2.45) is 0 Å². The van der Waals surface area contributed by atoms with E-state index in [4.69, 9.17) is 16.3 Å². The molecule has 0 radical (unpaired) electrons. The summed E-state index contributed by atoms with van der Waals surface area (Å²) in [6.45, 7) is 2.24. The van der Waals surface area contributed by atoms with Gasteiger partial charge in [-0.25, -0.2) is 4.98 Å². The highest BCUT2D eigenvalue weighted by Crippen LogP contribution is 2.32. The van der Waals surface area contributed by atoms with E-state index in [0.717, 1.165) is 11.1 Å². The molecule has 34 heavy (non-hydrogen) atoms. The van der Waals surface area contributed by atoms with Crippen molar-refractivity contribution in [2.75, 3.05) is 14.1 Å². The molecule has 3 aromatic rings. The fourth-order valence-corrected chi connectivity index (χ4v) is 4.22. The second-order valence-electron chi connectivity index (χ2n) is 8.51.